The van der Waals surface area contributed by atoms with Crippen LogP contribution in [-0.4, -0.2) is 21.2 Å². The third-order valence-electron chi connectivity index (χ3n) is 3.88. The number of aryl methyl sites for hydroxylation is 1. The minimum atomic E-state index is -3.88. The number of hydrogen-bond acceptors (Lipinski definition) is 5. The van der Waals surface area contributed by atoms with Crippen LogP contribution < -0.4 is 13.6 Å². The van der Waals surface area contributed by atoms with E-state index in [1.165, 1.54) is 25.2 Å². The summed E-state index contributed by atoms with van der Waals surface area (Å²) in [6, 6.07) is 12.1. The second kappa shape index (κ2) is 6.26. The lowest BCUT2D eigenvalue weighted by Crippen LogP contribution is -2.24. The van der Waals surface area contributed by atoms with Gasteiger partial charge >= 0.3 is 10.3 Å². The summed E-state index contributed by atoms with van der Waals surface area (Å²) in [6.07, 6.45) is -0.158. The molecule has 2 aromatic carbocycles. The van der Waals surface area contributed by atoms with Gasteiger partial charge in [-0.25, -0.2) is 0 Å². The van der Waals surface area contributed by atoms with E-state index in [-0.39, 0.29) is 18.0 Å². The van der Waals surface area contributed by atoms with Gasteiger partial charge in [0.25, 0.3) is 0 Å². The van der Waals surface area contributed by atoms with Gasteiger partial charge < -0.3 is 8.92 Å². The predicted octanol–water partition coefficient (Wildman–Crippen LogP) is 2.54. The first-order valence-electron chi connectivity index (χ1n) is 7.42. The van der Waals surface area contributed by atoms with Gasteiger partial charge in [0, 0.05) is 13.1 Å². The average molecular weight is 347 g/mol. The van der Waals surface area contributed by atoms with Crippen molar-refractivity contribution in [2.45, 2.75) is 19.4 Å². The molecule has 24 heavy (non-hydrogen) atoms. The van der Waals surface area contributed by atoms with Crippen molar-refractivity contribution >= 4 is 16.1 Å². The molecule has 6 nitrogen and oxygen atoms in total. The van der Waals surface area contributed by atoms with Crippen LogP contribution in [-0.2, 0) is 10.3 Å². The molecule has 0 spiro atoms. The predicted molar refractivity (Wildman–Crippen MR) is 88.5 cm³/mol. The first kappa shape index (κ1) is 16.5. The van der Waals surface area contributed by atoms with Crippen molar-refractivity contribution in [2.75, 3.05) is 7.05 Å². The molecule has 0 radical (unpaired) electrons. The number of benzene rings is 2. The van der Waals surface area contributed by atoms with E-state index in [9.17, 15) is 13.2 Å². The number of fused-ring (bicyclic) bond motifs is 1. The second-order valence-electron chi connectivity index (χ2n) is 5.49. The summed E-state index contributed by atoms with van der Waals surface area (Å²) < 4.78 is 35.9. The van der Waals surface area contributed by atoms with Crippen LogP contribution in [0.5, 0.6) is 11.5 Å². The van der Waals surface area contributed by atoms with Gasteiger partial charge in [0.05, 0.1) is 12.0 Å². The number of carbonyl (C=O) groups is 1. The molecule has 0 saturated heterocycles. The standard InChI is InChI=1S/C17H17NO5S/c1-11-5-3-4-6-13(11)17-10-15(19)14-8-7-12(9-16(14)22-17)23-24(20,21)18-2/h3-9,17-18H,10H2,1-2H3/t17-/m1/s1. The molecular weight excluding hydrogens is 330 g/mol. The highest BCUT2D eigenvalue weighted by atomic mass is 32.2. The normalized spacial score (nSPS) is 17.1. The zero-order valence-electron chi connectivity index (χ0n) is 13.3. The van der Waals surface area contributed by atoms with Crippen molar-refractivity contribution in [1.82, 2.24) is 4.72 Å². The summed E-state index contributed by atoms with van der Waals surface area (Å²) in [6.45, 7) is 1.96. The van der Waals surface area contributed by atoms with Gasteiger partial charge in [-0.3, -0.25) is 4.79 Å². The second-order valence-corrected chi connectivity index (χ2v) is 6.97. The number of nitrogens with one attached hydrogen (secondary N) is 1. The maximum atomic E-state index is 12.4. The zero-order chi connectivity index (χ0) is 17.3. The maximum Gasteiger partial charge on any atom is 0.382 e. The summed E-state index contributed by atoms with van der Waals surface area (Å²) in [5.74, 6) is 0.358. The number of carbonyl (C=O) groups excluding carboxylic acids is 1. The Morgan fingerprint density at radius 2 is 1.96 bits per heavy atom. The van der Waals surface area contributed by atoms with Gasteiger partial charge in [0.15, 0.2) is 5.78 Å². The molecular formula is C17H17NO5S. The molecule has 0 aliphatic carbocycles. The Morgan fingerprint density at radius 3 is 2.67 bits per heavy atom. The van der Waals surface area contributed by atoms with Crippen molar-refractivity contribution in [3.8, 4) is 11.5 Å². The molecule has 0 unspecified atom stereocenters. The van der Waals surface area contributed by atoms with Crippen LogP contribution in [0.3, 0.4) is 0 Å². The van der Waals surface area contributed by atoms with E-state index in [1.54, 1.807) is 0 Å². The Labute approximate surface area is 140 Å². The van der Waals surface area contributed by atoms with Crippen LogP contribution in [0.15, 0.2) is 42.5 Å². The van der Waals surface area contributed by atoms with Gasteiger partial charge in [-0.15, -0.1) is 0 Å². The Bertz CT molecular complexity index is 892. The number of ether oxygens (including phenoxy) is 1. The van der Waals surface area contributed by atoms with Crippen molar-refractivity contribution in [3.05, 3.63) is 59.2 Å². The summed E-state index contributed by atoms with van der Waals surface area (Å²) in [7, 11) is -2.62. The van der Waals surface area contributed by atoms with Crippen LogP contribution >= 0.6 is 0 Å². The fourth-order valence-electron chi connectivity index (χ4n) is 2.65. The van der Waals surface area contributed by atoms with Crippen molar-refractivity contribution < 1.29 is 22.1 Å². The first-order valence-corrected chi connectivity index (χ1v) is 8.83. The summed E-state index contributed by atoms with van der Waals surface area (Å²) >= 11 is 0. The molecule has 3 rings (SSSR count). The topological polar surface area (TPSA) is 81.7 Å². The van der Waals surface area contributed by atoms with Gasteiger partial charge in [-0.2, -0.15) is 13.1 Å². The summed E-state index contributed by atoms with van der Waals surface area (Å²) in [5, 5.41) is 0. The van der Waals surface area contributed by atoms with Crippen LogP contribution in [0.25, 0.3) is 0 Å². The maximum absolute atomic E-state index is 12.4. The van der Waals surface area contributed by atoms with E-state index in [2.05, 4.69) is 4.72 Å². The third-order valence-corrected chi connectivity index (χ3v) is 4.80. The van der Waals surface area contributed by atoms with Crippen LogP contribution in [0.1, 0.15) is 34.0 Å². The van der Waals surface area contributed by atoms with Crippen LogP contribution in [0.4, 0.5) is 0 Å². The van der Waals surface area contributed by atoms with Crippen molar-refractivity contribution in [3.63, 3.8) is 0 Å². The minimum absolute atomic E-state index is 0.0486. The van der Waals surface area contributed by atoms with Gasteiger partial charge in [-0.1, -0.05) is 24.3 Å². The number of rotatable bonds is 4. The quantitative estimate of drug-likeness (QED) is 0.919. The lowest BCUT2D eigenvalue weighted by molar-refractivity contribution is 0.0849. The van der Waals surface area contributed by atoms with Crippen LogP contribution in [0, 0.1) is 6.92 Å². The van der Waals surface area contributed by atoms with Gasteiger partial charge in [-0.05, 0) is 30.2 Å². The van der Waals surface area contributed by atoms with E-state index >= 15 is 0 Å². The van der Waals surface area contributed by atoms with Crippen molar-refractivity contribution in [2.24, 2.45) is 0 Å². The lowest BCUT2D eigenvalue weighted by atomic mass is 9.94. The molecule has 1 aliphatic rings. The van der Waals surface area contributed by atoms with E-state index in [1.807, 2.05) is 31.2 Å². The number of ketones is 1. The van der Waals surface area contributed by atoms with E-state index in [4.69, 9.17) is 8.92 Å². The minimum Gasteiger partial charge on any atom is -0.484 e. The smallest absolute Gasteiger partial charge is 0.382 e. The average Bonchev–Trinajstić information content (AvgIpc) is 2.54. The summed E-state index contributed by atoms with van der Waals surface area (Å²) in [5.41, 5.74) is 2.39. The molecule has 1 heterocycles. The molecule has 0 fully saturated rings. The molecule has 0 saturated carbocycles. The fourth-order valence-corrected chi connectivity index (χ4v) is 3.09. The Hall–Kier alpha value is -2.38. The molecule has 7 heteroatoms. The van der Waals surface area contributed by atoms with E-state index in [0.717, 1.165) is 11.1 Å². The third kappa shape index (κ3) is 3.27. The molecule has 2 aromatic rings. The van der Waals surface area contributed by atoms with Gasteiger partial charge in [0.1, 0.15) is 17.6 Å². The molecule has 1 N–H and O–H groups in total. The van der Waals surface area contributed by atoms with Crippen molar-refractivity contribution in [1.29, 1.82) is 0 Å². The Balaban J connectivity index is 1.94. The molecule has 1 aliphatic heterocycles. The molecule has 1 atom stereocenters. The number of hydrogen-bond donors (Lipinski definition) is 1. The summed E-state index contributed by atoms with van der Waals surface area (Å²) in [4.78, 5) is 12.4. The largest absolute Gasteiger partial charge is 0.484 e. The zero-order valence-corrected chi connectivity index (χ0v) is 14.1. The van der Waals surface area contributed by atoms with Crippen LogP contribution in [0.2, 0.25) is 0 Å². The lowest BCUT2D eigenvalue weighted by Gasteiger charge is -2.26. The first-order chi connectivity index (χ1) is 11.4. The Kier molecular flexibility index (Phi) is 4.29. The molecule has 126 valence electrons. The highest BCUT2D eigenvalue weighted by Gasteiger charge is 2.29. The van der Waals surface area contributed by atoms with Gasteiger partial charge in [0.2, 0.25) is 0 Å². The SMILES string of the molecule is CNS(=O)(=O)Oc1ccc2c(c1)O[C@@H](c1ccccc1C)CC2=O. The molecule has 0 bridgehead atoms. The fraction of sp³-hybridized carbons (Fsp3) is 0.235. The monoisotopic (exact) mass is 347 g/mol. The van der Waals surface area contributed by atoms with E-state index in [0.29, 0.717) is 11.3 Å². The Morgan fingerprint density at radius 1 is 1.21 bits per heavy atom. The highest BCUT2D eigenvalue weighted by molar-refractivity contribution is 7.85. The van der Waals surface area contributed by atoms with E-state index < -0.39 is 16.4 Å². The number of Topliss-reactive ketones (excluding diaryl/α,β-unsaturated/α-hetero) is 1. The molecule has 0 aromatic heterocycles. The molecule has 0 amide bonds. The highest BCUT2D eigenvalue weighted by Crippen LogP contribution is 2.38.